The average molecular weight is 212 g/mol. The van der Waals surface area contributed by atoms with Gasteiger partial charge in [0.25, 0.3) is 0 Å². The van der Waals surface area contributed by atoms with Gasteiger partial charge in [0.2, 0.25) is 0 Å². The standard InChI is InChI=1S/C13H12N2O/c14-13-4-2-11(8-15-13)9-1-3-12-10(7-9)5-6-16-12/h1-4,7-8H,5-6H2,(H2,14,15). The lowest BCUT2D eigenvalue weighted by atomic mass is 10.0. The first-order valence-corrected chi connectivity index (χ1v) is 5.30. The number of nitrogens with two attached hydrogens (primary N) is 1. The molecular weight excluding hydrogens is 200 g/mol. The van der Waals surface area contributed by atoms with Gasteiger partial charge in [-0.1, -0.05) is 6.07 Å². The van der Waals surface area contributed by atoms with Gasteiger partial charge in [-0.25, -0.2) is 4.98 Å². The molecular formula is C13H12N2O. The summed E-state index contributed by atoms with van der Waals surface area (Å²) in [5, 5.41) is 0. The molecule has 80 valence electrons. The zero-order valence-corrected chi connectivity index (χ0v) is 8.81. The zero-order valence-electron chi connectivity index (χ0n) is 8.81. The lowest BCUT2D eigenvalue weighted by Gasteiger charge is -2.04. The number of pyridine rings is 1. The van der Waals surface area contributed by atoms with Gasteiger partial charge in [0.15, 0.2) is 0 Å². The molecule has 1 aromatic carbocycles. The highest BCUT2D eigenvalue weighted by molar-refractivity contribution is 5.66. The highest BCUT2D eigenvalue weighted by Crippen LogP contribution is 2.30. The first kappa shape index (κ1) is 9.21. The van der Waals surface area contributed by atoms with Crippen LogP contribution in [0.3, 0.4) is 0 Å². The molecule has 3 heteroatoms. The molecule has 0 fully saturated rings. The molecule has 0 bridgehead atoms. The fourth-order valence-corrected chi connectivity index (χ4v) is 1.94. The van der Waals surface area contributed by atoms with Gasteiger partial charge in [0.1, 0.15) is 11.6 Å². The maximum absolute atomic E-state index is 5.56. The Kier molecular flexibility index (Phi) is 2.03. The van der Waals surface area contributed by atoms with E-state index in [0.29, 0.717) is 5.82 Å². The predicted molar refractivity (Wildman–Crippen MR) is 63.3 cm³/mol. The summed E-state index contributed by atoms with van der Waals surface area (Å²) >= 11 is 0. The summed E-state index contributed by atoms with van der Waals surface area (Å²) in [6.45, 7) is 0.790. The van der Waals surface area contributed by atoms with Gasteiger partial charge in [-0.2, -0.15) is 0 Å². The third kappa shape index (κ3) is 1.50. The van der Waals surface area contributed by atoms with E-state index in [-0.39, 0.29) is 0 Å². The minimum atomic E-state index is 0.549. The molecule has 0 amide bonds. The highest BCUT2D eigenvalue weighted by Gasteiger charge is 2.12. The second-order valence-electron chi connectivity index (χ2n) is 3.89. The van der Waals surface area contributed by atoms with Crippen LogP contribution in [0.5, 0.6) is 5.75 Å². The van der Waals surface area contributed by atoms with E-state index in [1.54, 1.807) is 6.20 Å². The normalized spacial score (nSPS) is 13.2. The van der Waals surface area contributed by atoms with Crippen LogP contribution in [0.2, 0.25) is 0 Å². The minimum absolute atomic E-state index is 0.549. The Morgan fingerprint density at radius 1 is 1.12 bits per heavy atom. The quantitative estimate of drug-likeness (QED) is 0.788. The summed E-state index contributed by atoms with van der Waals surface area (Å²) in [4.78, 5) is 4.10. The first-order chi connectivity index (χ1) is 7.83. The molecule has 2 heterocycles. The monoisotopic (exact) mass is 212 g/mol. The summed E-state index contributed by atoms with van der Waals surface area (Å²) in [6, 6.07) is 10.0. The van der Waals surface area contributed by atoms with Crippen molar-refractivity contribution < 1.29 is 4.74 Å². The maximum atomic E-state index is 5.56. The summed E-state index contributed by atoms with van der Waals surface area (Å²) in [5.74, 6) is 1.56. The van der Waals surface area contributed by atoms with E-state index in [4.69, 9.17) is 10.5 Å². The number of hydrogen-bond donors (Lipinski definition) is 1. The van der Waals surface area contributed by atoms with Crippen LogP contribution in [0.25, 0.3) is 11.1 Å². The Labute approximate surface area is 93.9 Å². The van der Waals surface area contributed by atoms with Crippen molar-refractivity contribution in [3.63, 3.8) is 0 Å². The smallest absolute Gasteiger partial charge is 0.123 e. The van der Waals surface area contributed by atoms with Crippen LogP contribution in [-0.2, 0) is 6.42 Å². The van der Waals surface area contributed by atoms with E-state index in [2.05, 4.69) is 17.1 Å². The number of rotatable bonds is 1. The van der Waals surface area contributed by atoms with Crippen LogP contribution in [-0.4, -0.2) is 11.6 Å². The van der Waals surface area contributed by atoms with Crippen molar-refractivity contribution in [1.29, 1.82) is 0 Å². The lowest BCUT2D eigenvalue weighted by molar-refractivity contribution is 0.357. The molecule has 0 atom stereocenters. The molecule has 3 rings (SSSR count). The van der Waals surface area contributed by atoms with Gasteiger partial charge in [-0.15, -0.1) is 0 Å². The third-order valence-electron chi connectivity index (χ3n) is 2.81. The highest BCUT2D eigenvalue weighted by atomic mass is 16.5. The van der Waals surface area contributed by atoms with E-state index in [0.717, 1.165) is 29.9 Å². The molecule has 0 spiro atoms. The van der Waals surface area contributed by atoms with Crippen molar-refractivity contribution in [2.45, 2.75) is 6.42 Å². The van der Waals surface area contributed by atoms with E-state index in [1.165, 1.54) is 5.56 Å². The van der Waals surface area contributed by atoms with Crippen molar-refractivity contribution in [3.05, 3.63) is 42.1 Å². The second-order valence-corrected chi connectivity index (χ2v) is 3.89. The van der Waals surface area contributed by atoms with Crippen LogP contribution in [0, 0.1) is 0 Å². The Morgan fingerprint density at radius 3 is 2.81 bits per heavy atom. The maximum Gasteiger partial charge on any atom is 0.123 e. The molecule has 1 aliphatic heterocycles. The molecule has 16 heavy (non-hydrogen) atoms. The molecule has 3 nitrogen and oxygen atoms in total. The summed E-state index contributed by atoms with van der Waals surface area (Å²) in [6.07, 6.45) is 2.79. The number of fused-ring (bicyclic) bond motifs is 1. The largest absolute Gasteiger partial charge is 0.493 e. The van der Waals surface area contributed by atoms with Crippen LogP contribution >= 0.6 is 0 Å². The van der Waals surface area contributed by atoms with Gasteiger partial charge in [-0.3, -0.25) is 0 Å². The Balaban J connectivity index is 2.03. The van der Waals surface area contributed by atoms with E-state index < -0.39 is 0 Å². The first-order valence-electron chi connectivity index (χ1n) is 5.30. The summed E-state index contributed by atoms with van der Waals surface area (Å²) in [5.41, 5.74) is 9.09. The van der Waals surface area contributed by atoms with Crippen LogP contribution in [0.4, 0.5) is 5.82 Å². The van der Waals surface area contributed by atoms with Gasteiger partial charge in [-0.05, 0) is 35.4 Å². The zero-order chi connectivity index (χ0) is 11.0. The Bertz CT molecular complexity index is 520. The van der Waals surface area contributed by atoms with Crippen molar-refractivity contribution in [2.75, 3.05) is 12.3 Å². The van der Waals surface area contributed by atoms with E-state index >= 15 is 0 Å². The summed E-state index contributed by atoms with van der Waals surface area (Å²) in [7, 11) is 0. The Morgan fingerprint density at radius 2 is 2.00 bits per heavy atom. The topological polar surface area (TPSA) is 48.1 Å². The number of nitrogen functional groups attached to an aromatic ring is 1. The minimum Gasteiger partial charge on any atom is -0.493 e. The van der Waals surface area contributed by atoms with Crippen molar-refractivity contribution in [2.24, 2.45) is 0 Å². The van der Waals surface area contributed by atoms with Crippen LogP contribution in [0.1, 0.15) is 5.56 Å². The summed E-state index contributed by atoms with van der Waals surface area (Å²) < 4.78 is 5.47. The van der Waals surface area contributed by atoms with E-state index in [9.17, 15) is 0 Å². The van der Waals surface area contributed by atoms with Crippen molar-refractivity contribution in [1.82, 2.24) is 4.98 Å². The van der Waals surface area contributed by atoms with Gasteiger partial charge < -0.3 is 10.5 Å². The molecule has 0 saturated carbocycles. The number of benzene rings is 1. The molecule has 1 aromatic heterocycles. The SMILES string of the molecule is Nc1ccc(-c2ccc3c(c2)CCO3)cn1. The average Bonchev–Trinajstić information content (AvgIpc) is 2.77. The number of hydrogen-bond acceptors (Lipinski definition) is 3. The molecule has 2 aromatic rings. The molecule has 0 unspecified atom stereocenters. The number of anilines is 1. The molecule has 0 saturated heterocycles. The van der Waals surface area contributed by atoms with Crippen LogP contribution in [0.15, 0.2) is 36.5 Å². The molecule has 2 N–H and O–H groups in total. The third-order valence-corrected chi connectivity index (χ3v) is 2.81. The molecule has 1 aliphatic rings. The van der Waals surface area contributed by atoms with Crippen molar-refractivity contribution in [3.8, 4) is 16.9 Å². The van der Waals surface area contributed by atoms with Crippen molar-refractivity contribution >= 4 is 5.82 Å². The van der Waals surface area contributed by atoms with Gasteiger partial charge in [0, 0.05) is 18.2 Å². The lowest BCUT2D eigenvalue weighted by Crippen LogP contribution is -1.89. The van der Waals surface area contributed by atoms with Gasteiger partial charge in [0.05, 0.1) is 6.61 Å². The second kappa shape index (κ2) is 3.52. The Hall–Kier alpha value is -2.03. The fourth-order valence-electron chi connectivity index (χ4n) is 1.94. The molecule has 0 radical (unpaired) electrons. The molecule has 0 aliphatic carbocycles. The van der Waals surface area contributed by atoms with Gasteiger partial charge >= 0.3 is 0 Å². The number of ether oxygens (including phenoxy) is 1. The number of nitrogens with zero attached hydrogens (tertiary/aromatic N) is 1. The van der Waals surface area contributed by atoms with Crippen LogP contribution < -0.4 is 10.5 Å². The van der Waals surface area contributed by atoms with E-state index in [1.807, 2.05) is 18.2 Å². The number of aromatic nitrogens is 1. The predicted octanol–water partition coefficient (Wildman–Crippen LogP) is 2.27. The fraction of sp³-hybridized carbons (Fsp3) is 0.154.